The third-order valence-electron chi connectivity index (χ3n) is 2.66. The maximum Gasteiger partial charge on any atom is -0.00773 e. The van der Waals surface area contributed by atoms with Gasteiger partial charge in [0, 0.05) is 0 Å². The summed E-state index contributed by atoms with van der Waals surface area (Å²) in [6.45, 7) is 3.12. The van der Waals surface area contributed by atoms with Crippen LogP contribution in [-0.2, 0) is 0 Å². The number of rotatable bonds is 7. The first-order chi connectivity index (χ1) is 9.91. The molecule has 0 aliphatic carbocycles. The zero-order valence-electron chi connectivity index (χ0n) is 12.7. The molecule has 0 amide bonds. The molecule has 2 aromatic heterocycles. The van der Waals surface area contributed by atoms with Crippen molar-refractivity contribution in [2.24, 2.45) is 5.73 Å². The largest absolute Gasteiger partial charge is 0.330 e. The summed E-state index contributed by atoms with van der Waals surface area (Å²) in [4.78, 5) is 0. The van der Waals surface area contributed by atoms with E-state index >= 15 is 0 Å². The fourth-order valence-electron chi connectivity index (χ4n) is 1.56. The van der Waals surface area contributed by atoms with E-state index in [1.807, 2.05) is 45.8 Å². The van der Waals surface area contributed by atoms with Crippen LogP contribution in [0.1, 0.15) is 51.9 Å². The van der Waals surface area contributed by atoms with E-state index in [9.17, 15) is 0 Å². The van der Waals surface area contributed by atoms with Gasteiger partial charge in [0.1, 0.15) is 0 Å². The van der Waals surface area contributed by atoms with Gasteiger partial charge >= 0.3 is 0 Å². The maximum atomic E-state index is 5.37. The van der Waals surface area contributed by atoms with Gasteiger partial charge in [0.2, 0.25) is 0 Å². The van der Waals surface area contributed by atoms with Crippen molar-refractivity contribution in [3.05, 3.63) is 45.8 Å². The molecular formula is C17H29NS2. The molecule has 114 valence electrons. The van der Waals surface area contributed by atoms with Gasteiger partial charge in [-0.25, -0.2) is 0 Å². The lowest BCUT2D eigenvalue weighted by atomic mass is 10.1. The Hall–Kier alpha value is -0.640. The molecule has 2 aromatic rings. The van der Waals surface area contributed by atoms with Crippen LogP contribution in [0.5, 0.6) is 0 Å². The number of hydrogen-bond donors (Lipinski definition) is 1. The van der Waals surface area contributed by atoms with Crippen LogP contribution in [0.15, 0.2) is 45.8 Å². The summed E-state index contributed by atoms with van der Waals surface area (Å²) in [5.74, 6) is 0. The summed E-state index contributed by atoms with van der Waals surface area (Å²) < 4.78 is 0. The minimum atomic E-state index is 0.869. The molecule has 0 saturated carbocycles. The summed E-state index contributed by atoms with van der Waals surface area (Å²) in [5.41, 5.74) is 5.37. The third kappa shape index (κ3) is 17.4. The Bertz CT molecular complexity index is 248. The van der Waals surface area contributed by atoms with Crippen molar-refractivity contribution < 1.29 is 0 Å². The highest BCUT2D eigenvalue weighted by Crippen LogP contribution is 2.05. The van der Waals surface area contributed by atoms with E-state index < -0.39 is 0 Å². The van der Waals surface area contributed by atoms with Crippen LogP contribution in [-0.4, -0.2) is 6.54 Å². The average molecular weight is 312 g/mol. The first-order valence-corrected chi connectivity index (χ1v) is 9.44. The van der Waals surface area contributed by atoms with Crippen molar-refractivity contribution in [1.82, 2.24) is 0 Å². The Morgan fingerprint density at radius 3 is 1.35 bits per heavy atom. The molecule has 2 heterocycles. The van der Waals surface area contributed by atoms with E-state index in [-0.39, 0.29) is 0 Å². The van der Waals surface area contributed by atoms with Gasteiger partial charge in [-0.3, -0.25) is 0 Å². The molecule has 0 atom stereocenters. The molecule has 0 aromatic carbocycles. The number of hydrogen-bond acceptors (Lipinski definition) is 3. The van der Waals surface area contributed by atoms with Gasteiger partial charge in [-0.05, 0) is 34.5 Å². The van der Waals surface area contributed by atoms with E-state index in [1.54, 1.807) is 22.7 Å². The van der Waals surface area contributed by atoms with E-state index in [2.05, 4.69) is 6.92 Å². The Balaban J connectivity index is 0.000000298. The van der Waals surface area contributed by atoms with Crippen LogP contribution in [0.3, 0.4) is 0 Å². The van der Waals surface area contributed by atoms with Gasteiger partial charge in [0.15, 0.2) is 0 Å². The van der Waals surface area contributed by atoms with E-state index in [0.717, 1.165) is 6.54 Å². The molecule has 0 bridgehead atoms. The Morgan fingerprint density at radius 2 is 1.05 bits per heavy atom. The lowest BCUT2D eigenvalue weighted by Gasteiger charge is -1.97. The van der Waals surface area contributed by atoms with Crippen molar-refractivity contribution in [2.45, 2.75) is 51.9 Å². The van der Waals surface area contributed by atoms with Crippen LogP contribution in [0.25, 0.3) is 0 Å². The summed E-state index contributed by atoms with van der Waals surface area (Å²) in [5, 5.41) is 8.17. The molecule has 1 nitrogen and oxygen atoms in total. The van der Waals surface area contributed by atoms with Gasteiger partial charge in [-0.15, -0.1) is 0 Å². The summed E-state index contributed by atoms with van der Waals surface area (Å²) in [6, 6.07) is 8.07. The molecule has 0 spiro atoms. The molecule has 0 aliphatic rings. The van der Waals surface area contributed by atoms with Crippen molar-refractivity contribution in [1.29, 1.82) is 0 Å². The molecule has 0 unspecified atom stereocenters. The topological polar surface area (TPSA) is 26.0 Å². The highest BCUT2D eigenvalue weighted by molar-refractivity contribution is 7.08. The third-order valence-corrected chi connectivity index (χ3v) is 3.92. The zero-order valence-corrected chi connectivity index (χ0v) is 14.3. The fourth-order valence-corrected chi connectivity index (χ4v) is 2.46. The SMILES string of the molecule is CCCCCCCCCN.c1ccsc1.c1ccsc1. The van der Waals surface area contributed by atoms with Crippen molar-refractivity contribution in [3.8, 4) is 0 Å². The van der Waals surface area contributed by atoms with Gasteiger partial charge in [-0.2, -0.15) is 22.7 Å². The Labute approximate surface area is 132 Å². The quantitative estimate of drug-likeness (QED) is 0.606. The second-order valence-corrected chi connectivity index (χ2v) is 6.13. The molecule has 0 saturated heterocycles. The van der Waals surface area contributed by atoms with Crippen molar-refractivity contribution in [3.63, 3.8) is 0 Å². The number of nitrogens with two attached hydrogens (primary N) is 1. The van der Waals surface area contributed by atoms with Gasteiger partial charge in [0.05, 0.1) is 0 Å². The van der Waals surface area contributed by atoms with Crippen molar-refractivity contribution >= 4 is 22.7 Å². The van der Waals surface area contributed by atoms with Crippen molar-refractivity contribution in [2.75, 3.05) is 6.54 Å². The monoisotopic (exact) mass is 311 g/mol. The fraction of sp³-hybridized carbons (Fsp3) is 0.529. The van der Waals surface area contributed by atoms with Gasteiger partial charge in [0.25, 0.3) is 0 Å². The van der Waals surface area contributed by atoms with Crippen LogP contribution < -0.4 is 5.73 Å². The highest BCUT2D eigenvalue weighted by atomic mass is 32.1. The highest BCUT2D eigenvalue weighted by Gasteiger charge is 1.87. The maximum absolute atomic E-state index is 5.37. The normalized spacial score (nSPS) is 9.10. The predicted molar refractivity (Wildman–Crippen MR) is 95.7 cm³/mol. The molecule has 0 aliphatic heterocycles. The molecule has 0 radical (unpaired) electrons. The summed E-state index contributed by atoms with van der Waals surface area (Å²) in [7, 11) is 0. The van der Waals surface area contributed by atoms with E-state index in [1.165, 1.54) is 44.9 Å². The van der Waals surface area contributed by atoms with E-state index in [0.29, 0.717) is 0 Å². The molecule has 2 N–H and O–H groups in total. The van der Waals surface area contributed by atoms with Crippen LogP contribution in [0.2, 0.25) is 0 Å². The summed E-state index contributed by atoms with van der Waals surface area (Å²) in [6.07, 6.45) is 9.51. The summed E-state index contributed by atoms with van der Waals surface area (Å²) >= 11 is 3.43. The second kappa shape index (κ2) is 18.4. The second-order valence-electron chi connectivity index (χ2n) is 4.50. The lowest BCUT2D eigenvalue weighted by Crippen LogP contribution is -1.97. The Morgan fingerprint density at radius 1 is 0.650 bits per heavy atom. The molecule has 3 heteroatoms. The molecule has 2 rings (SSSR count). The first-order valence-electron chi connectivity index (χ1n) is 7.56. The Kier molecular flexibility index (Phi) is 17.8. The molecule has 0 fully saturated rings. The smallest absolute Gasteiger partial charge is 0.00773 e. The number of unbranched alkanes of at least 4 members (excludes halogenated alkanes) is 6. The van der Waals surface area contributed by atoms with Crippen LogP contribution in [0.4, 0.5) is 0 Å². The van der Waals surface area contributed by atoms with E-state index in [4.69, 9.17) is 5.73 Å². The first kappa shape index (κ1) is 19.4. The predicted octanol–water partition coefficient (Wildman–Crippen LogP) is 6.19. The van der Waals surface area contributed by atoms with Gasteiger partial charge < -0.3 is 5.73 Å². The zero-order chi connectivity index (χ0) is 14.7. The molecular weight excluding hydrogens is 282 g/mol. The minimum Gasteiger partial charge on any atom is -0.330 e. The van der Waals surface area contributed by atoms with Crippen LogP contribution >= 0.6 is 22.7 Å². The average Bonchev–Trinajstić information content (AvgIpc) is 3.21. The lowest BCUT2D eigenvalue weighted by molar-refractivity contribution is 0.593. The molecule has 20 heavy (non-hydrogen) atoms. The minimum absolute atomic E-state index is 0.869. The number of thiophene rings is 2. The standard InChI is InChI=1S/C9H21N.2C4H4S/c1-2-3-4-5-6-7-8-9-10;2*1-2-4-5-3-1/h2-10H2,1H3;2*1-4H. The van der Waals surface area contributed by atoms with Gasteiger partial charge in [-0.1, -0.05) is 69.7 Å². The van der Waals surface area contributed by atoms with Crippen LogP contribution in [0, 0.1) is 0 Å².